The molecule has 0 heterocycles. The summed E-state index contributed by atoms with van der Waals surface area (Å²) in [5, 5.41) is 18.5. The average molecular weight is 209 g/mol. The Kier molecular flexibility index (Phi) is 2.73. The van der Waals surface area contributed by atoms with Crippen LogP contribution in [0.25, 0.3) is 0 Å². The van der Waals surface area contributed by atoms with Gasteiger partial charge in [-0.25, -0.2) is 0 Å². The highest BCUT2D eigenvalue weighted by molar-refractivity contribution is 6.04. The van der Waals surface area contributed by atoms with Crippen molar-refractivity contribution >= 4 is 5.78 Å². The number of hydrogen-bond acceptors (Lipinski definition) is 4. The number of phenolic OH excluding ortho intramolecular Hbond substituents is 2. The average Bonchev–Trinajstić information content (AvgIpc) is 2.08. The van der Waals surface area contributed by atoms with Crippen LogP contribution < -0.4 is 5.73 Å². The molecule has 4 N–H and O–H groups in total. The van der Waals surface area contributed by atoms with Crippen molar-refractivity contribution in [1.82, 2.24) is 0 Å². The number of hydrogen-bond donors (Lipinski definition) is 3. The predicted octanol–water partition coefficient (Wildman–Crippen LogP) is 1.33. The first kappa shape index (κ1) is 11.5. The van der Waals surface area contributed by atoms with Crippen LogP contribution in [0.3, 0.4) is 0 Å². The molecular formula is C11H15NO3. The molecule has 1 aromatic rings. The second-order valence-corrected chi connectivity index (χ2v) is 4.21. The number of carbonyl (C=O) groups excluding carboxylic acids is 1. The van der Waals surface area contributed by atoms with Crippen LogP contribution in [-0.2, 0) is 0 Å². The van der Waals surface area contributed by atoms with Gasteiger partial charge in [-0.05, 0) is 38.5 Å². The maximum atomic E-state index is 11.8. The van der Waals surface area contributed by atoms with Crippen molar-refractivity contribution in [2.75, 3.05) is 0 Å². The second kappa shape index (κ2) is 3.55. The quantitative estimate of drug-likeness (QED) is 0.506. The maximum Gasteiger partial charge on any atom is 0.182 e. The number of carbonyl (C=O) groups is 1. The molecule has 1 aromatic carbocycles. The van der Waals surface area contributed by atoms with Crippen LogP contribution in [0.5, 0.6) is 11.5 Å². The van der Waals surface area contributed by atoms with E-state index in [2.05, 4.69) is 0 Å². The number of nitrogens with two attached hydrogens (primary N) is 1. The third kappa shape index (κ3) is 2.27. The number of phenols is 2. The van der Waals surface area contributed by atoms with E-state index in [0.29, 0.717) is 11.1 Å². The lowest BCUT2D eigenvalue weighted by Crippen LogP contribution is -2.41. The van der Waals surface area contributed by atoms with Gasteiger partial charge < -0.3 is 15.9 Å². The standard InChI is InChI=1S/C11H15NO3/c1-6-4-8(13)9(14)5-7(6)10(15)11(2,3)12/h4-5,13-14H,12H2,1-3H3. The Labute approximate surface area is 88.3 Å². The Hall–Kier alpha value is -1.55. The van der Waals surface area contributed by atoms with Crippen molar-refractivity contribution in [2.45, 2.75) is 26.3 Å². The number of rotatable bonds is 2. The van der Waals surface area contributed by atoms with Crippen LogP contribution in [0.1, 0.15) is 29.8 Å². The Morgan fingerprint density at radius 2 is 1.73 bits per heavy atom. The number of ketones is 1. The Balaban J connectivity index is 3.28. The normalized spacial score (nSPS) is 11.5. The predicted molar refractivity (Wildman–Crippen MR) is 57.1 cm³/mol. The Morgan fingerprint density at radius 1 is 1.27 bits per heavy atom. The first-order valence-electron chi connectivity index (χ1n) is 4.59. The van der Waals surface area contributed by atoms with E-state index in [1.807, 2.05) is 0 Å². The molecule has 4 heteroatoms. The maximum absolute atomic E-state index is 11.8. The van der Waals surface area contributed by atoms with Crippen LogP contribution >= 0.6 is 0 Å². The third-order valence-corrected chi connectivity index (χ3v) is 2.15. The van der Waals surface area contributed by atoms with E-state index >= 15 is 0 Å². The number of benzene rings is 1. The lowest BCUT2D eigenvalue weighted by molar-refractivity contribution is 0.0912. The van der Waals surface area contributed by atoms with Crippen molar-refractivity contribution in [3.8, 4) is 11.5 Å². The highest BCUT2D eigenvalue weighted by Gasteiger charge is 2.25. The highest BCUT2D eigenvalue weighted by Crippen LogP contribution is 2.29. The summed E-state index contributed by atoms with van der Waals surface area (Å²) in [6, 6.07) is 2.58. The zero-order chi connectivity index (χ0) is 11.8. The molecular weight excluding hydrogens is 194 g/mol. The van der Waals surface area contributed by atoms with Crippen LogP contribution in [0.15, 0.2) is 12.1 Å². The first-order valence-corrected chi connectivity index (χ1v) is 4.59. The minimum atomic E-state index is -0.992. The van der Waals surface area contributed by atoms with Gasteiger partial charge in [-0.1, -0.05) is 0 Å². The van der Waals surface area contributed by atoms with Gasteiger partial charge in [0, 0.05) is 5.56 Å². The number of aromatic hydroxyl groups is 2. The van der Waals surface area contributed by atoms with Crippen molar-refractivity contribution < 1.29 is 15.0 Å². The van der Waals surface area contributed by atoms with Gasteiger partial charge in [-0.15, -0.1) is 0 Å². The SMILES string of the molecule is Cc1cc(O)c(O)cc1C(=O)C(C)(C)N. The molecule has 0 unspecified atom stereocenters. The fourth-order valence-electron chi connectivity index (χ4n) is 1.27. The molecule has 0 aliphatic heterocycles. The Bertz CT molecular complexity index is 405. The summed E-state index contributed by atoms with van der Waals surface area (Å²) in [6.07, 6.45) is 0. The van der Waals surface area contributed by atoms with Gasteiger partial charge in [0.25, 0.3) is 0 Å². The molecule has 82 valence electrons. The van der Waals surface area contributed by atoms with Crippen LogP contribution in [0, 0.1) is 6.92 Å². The first-order chi connectivity index (χ1) is 6.73. The largest absolute Gasteiger partial charge is 0.504 e. The van der Waals surface area contributed by atoms with E-state index in [-0.39, 0.29) is 17.3 Å². The molecule has 0 aliphatic rings. The topological polar surface area (TPSA) is 83.5 Å². The summed E-state index contributed by atoms with van der Waals surface area (Å²) in [4.78, 5) is 11.8. The summed E-state index contributed by atoms with van der Waals surface area (Å²) in [7, 11) is 0. The molecule has 0 bridgehead atoms. The fraction of sp³-hybridized carbons (Fsp3) is 0.364. The summed E-state index contributed by atoms with van der Waals surface area (Å²) in [6.45, 7) is 4.87. The summed E-state index contributed by atoms with van der Waals surface area (Å²) in [5.41, 5.74) is 5.61. The van der Waals surface area contributed by atoms with E-state index in [1.54, 1.807) is 20.8 Å². The molecule has 15 heavy (non-hydrogen) atoms. The van der Waals surface area contributed by atoms with Crippen molar-refractivity contribution in [2.24, 2.45) is 5.73 Å². The molecule has 0 spiro atoms. The van der Waals surface area contributed by atoms with E-state index in [1.165, 1.54) is 12.1 Å². The lowest BCUT2D eigenvalue weighted by Gasteiger charge is -2.18. The minimum Gasteiger partial charge on any atom is -0.504 e. The summed E-state index contributed by atoms with van der Waals surface area (Å²) < 4.78 is 0. The van der Waals surface area contributed by atoms with E-state index in [4.69, 9.17) is 5.73 Å². The highest BCUT2D eigenvalue weighted by atomic mass is 16.3. The van der Waals surface area contributed by atoms with Crippen LogP contribution in [0.2, 0.25) is 0 Å². The van der Waals surface area contributed by atoms with Gasteiger partial charge in [-0.3, -0.25) is 4.79 Å². The molecule has 0 amide bonds. The van der Waals surface area contributed by atoms with Crippen molar-refractivity contribution in [1.29, 1.82) is 0 Å². The van der Waals surface area contributed by atoms with Gasteiger partial charge in [0.15, 0.2) is 17.3 Å². The minimum absolute atomic E-state index is 0.237. The fourth-order valence-corrected chi connectivity index (χ4v) is 1.27. The van der Waals surface area contributed by atoms with E-state index < -0.39 is 5.54 Å². The van der Waals surface area contributed by atoms with Crippen molar-refractivity contribution in [3.05, 3.63) is 23.3 Å². The van der Waals surface area contributed by atoms with E-state index in [0.717, 1.165) is 0 Å². The monoisotopic (exact) mass is 209 g/mol. The summed E-state index contributed by atoms with van der Waals surface area (Å²) >= 11 is 0. The molecule has 0 radical (unpaired) electrons. The Morgan fingerprint density at radius 3 is 2.20 bits per heavy atom. The molecule has 0 aromatic heterocycles. The van der Waals surface area contributed by atoms with Gasteiger partial charge in [0.2, 0.25) is 0 Å². The molecule has 0 atom stereocenters. The zero-order valence-electron chi connectivity index (χ0n) is 9.03. The second-order valence-electron chi connectivity index (χ2n) is 4.21. The van der Waals surface area contributed by atoms with Gasteiger partial charge >= 0.3 is 0 Å². The van der Waals surface area contributed by atoms with Crippen LogP contribution in [0.4, 0.5) is 0 Å². The molecule has 0 saturated carbocycles. The molecule has 4 nitrogen and oxygen atoms in total. The third-order valence-electron chi connectivity index (χ3n) is 2.15. The van der Waals surface area contributed by atoms with Crippen LogP contribution in [-0.4, -0.2) is 21.5 Å². The number of aryl methyl sites for hydroxylation is 1. The van der Waals surface area contributed by atoms with Crippen molar-refractivity contribution in [3.63, 3.8) is 0 Å². The zero-order valence-corrected chi connectivity index (χ0v) is 9.03. The molecule has 0 fully saturated rings. The van der Waals surface area contributed by atoms with E-state index in [9.17, 15) is 15.0 Å². The molecule has 1 rings (SSSR count). The number of Topliss-reactive ketones (excluding diaryl/α,β-unsaturated/α-hetero) is 1. The van der Waals surface area contributed by atoms with Gasteiger partial charge in [0.1, 0.15) is 0 Å². The van der Waals surface area contributed by atoms with Gasteiger partial charge in [0.05, 0.1) is 5.54 Å². The van der Waals surface area contributed by atoms with Gasteiger partial charge in [-0.2, -0.15) is 0 Å². The lowest BCUT2D eigenvalue weighted by atomic mass is 9.91. The summed E-state index contributed by atoms with van der Waals surface area (Å²) in [5.74, 6) is -0.817. The molecule has 0 saturated heterocycles. The smallest absolute Gasteiger partial charge is 0.182 e. The molecule has 0 aliphatic carbocycles.